The van der Waals surface area contributed by atoms with Crippen LogP contribution in [0.25, 0.3) is 0 Å². The van der Waals surface area contributed by atoms with Crippen molar-refractivity contribution < 1.29 is 9.90 Å². The zero-order valence-corrected chi connectivity index (χ0v) is 12.7. The molecule has 0 radical (unpaired) electrons. The summed E-state index contributed by atoms with van der Waals surface area (Å²) in [6.45, 7) is 6.74. The van der Waals surface area contributed by atoms with Crippen LogP contribution >= 0.6 is 0 Å². The Balaban J connectivity index is 1.97. The summed E-state index contributed by atoms with van der Waals surface area (Å²) in [5, 5.41) is 13.8. The van der Waals surface area contributed by atoms with E-state index in [9.17, 15) is 9.90 Å². The summed E-state index contributed by atoms with van der Waals surface area (Å²) in [6, 6.07) is 0. The lowest BCUT2D eigenvalue weighted by Gasteiger charge is -2.38. The molecule has 1 aromatic heterocycles. The van der Waals surface area contributed by atoms with Gasteiger partial charge in [-0.2, -0.15) is 5.10 Å². The smallest absolute Gasteiger partial charge is 0.309 e. The normalized spacial score (nSPS) is 19.1. The Morgan fingerprint density at radius 3 is 2.55 bits per heavy atom. The number of aryl methyl sites for hydroxylation is 1. The largest absolute Gasteiger partial charge is 0.481 e. The molecule has 0 spiro atoms. The lowest BCUT2D eigenvalue weighted by molar-refractivity contribution is -0.152. The fraction of sp³-hybridized carbons (Fsp3) is 0.733. The third-order valence-corrected chi connectivity index (χ3v) is 4.73. The van der Waals surface area contributed by atoms with Crippen LogP contribution in [0.3, 0.4) is 0 Å². The first kappa shape index (κ1) is 15.0. The van der Waals surface area contributed by atoms with Gasteiger partial charge in [0.2, 0.25) is 0 Å². The number of hydrogen-bond acceptors (Lipinski definition) is 3. The van der Waals surface area contributed by atoms with Gasteiger partial charge in [0.15, 0.2) is 0 Å². The maximum absolute atomic E-state index is 11.6. The molecule has 1 N–H and O–H groups in total. The van der Waals surface area contributed by atoms with Gasteiger partial charge in [-0.25, -0.2) is 0 Å². The van der Waals surface area contributed by atoms with Crippen molar-refractivity contribution in [2.24, 2.45) is 12.5 Å². The molecule has 1 fully saturated rings. The van der Waals surface area contributed by atoms with Gasteiger partial charge in [0.1, 0.15) is 0 Å². The van der Waals surface area contributed by atoms with Gasteiger partial charge in [-0.15, -0.1) is 0 Å². The van der Waals surface area contributed by atoms with Gasteiger partial charge >= 0.3 is 5.97 Å². The van der Waals surface area contributed by atoms with E-state index in [1.807, 2.05) is 17.9 Å². The number of piperidine rings is 1. The molecule has 0 unspecified atom stereocenters. The zero-order chi connectivity index (χ0) is 14.8. The Bertz CT molecular complexity index is 473. The van der Waals surface area contributed by atoms with Gasteiger partial charge in [0.05, 0.1) is 11.6 Å². The van der Waals surface area contributed by atoms with Gasteiger partial charge in [-0.3, -0.25) is 14.4 Å². The molecule has 0 amide bonds. The minimum atomic E-state index is -0.614. The highest BCUT2D eigenvalue weighted by Crippen LogP contribution is 2.36. The fourth-order valence-electron chi connectivity index (χ4n) is 3.13. The molecule has 2 heterocycles. The van der Waals surface area contributed by atoms with Crippen LogP contribution in [0, 0.1) is 12.3 Å². The fourth-order valence-corrected chi connectivity index (χ4v) is 3.13. The Kier molecular flexibility index (Phi) is 4.48. The lowest BCUT2D eigenvalue weighted by Crippen LogP contribution is -2.44. The minimum Gasteiger partial charge on any atom is -0.481 e. The molecular formula is C15H25N3O2. The summed E-state index contributed by atoms with van der Waals surface area (Å²) in [7, 11) is 1.95. The van der Waals surface area contributed by atoms with Crippen molar-refractivity contribution in [2.75, 3.05) is 13.1 Å². The second-order valence-corrected chi connectivity index (χ2v) is 5.99. The third kappa shape index (κ3) is 2.87. The molecule has 0 aliphatic carbocycles. The lowest BCUT2D eigenvalue weighted by atomic mass is 9.75. The number of aromatic nitrogens is 2. The Morgan fingerprint density at radius 1 is 1.45 bits per heavy atom. The van der Waals surface area contributed by atoms with E-state index in [4.69, 9.17) is 0 Å². The first-order valence-electron chi connectivity index (χ1n) is 7.42. The number of hydrogen-bond donors (Lipinski definition) is 1. The van der Waals surface area contributed by atoms with Crippen LogP contribution in [0.1, 0.15) is 43.9 Å². The van der Waals surface area contributed by atoms with Crippen LogP contribution < -0.4 is 0 Å². The number of carbonyl (C=O) groups is 1. The topological polar surface area (TPSA) is 58.4 Å². The third-order valence-electron chi connectivity index (χ3n) is 4.73. The van der Waals surface area contributed by atoms with Crippen LogP contribution in [0.4, 0.5) is 0 Å². The van der Waals surface area contributed by atoms with Gasteiger partial charge < -0.3 is 5.11 Å². The molecule has 112 valence electrons. The molecular weight excluding hydrogens is 254 g/mol. The van der Waals surface area contributed by atoms with Crippen LogP contribution in [-0.4, -0.2) is 38.8 Å². The quantitative estimate of drug-likeness (QED) is 0.897. The Hall–Kier alpha value is -1.36. The second kappa shape index (κ2) is 5.95. The summed E-state index contributed by atoms with van der Waals surface area (Å²) >= 11 is 0. The number of likely N-dealkylation sites (tertiary alicyclic amines) is 1. The van der Waals surface area contributed by atoms with Gasteiger partial charge in [0, 0.05) is 24.8 Å². The van der Waals surface area contributed by atoms with Crippen LogP contribution in [-0.2, 0) is 18.4 Å². The summed E-state index contributed by atoms with van der Waals surface area (Å²) in [5.74, 6) is -0.614. The van der Waals surface area contributed by atoms with Gasteiger partial charge in [0.25, 0.3) is 0 Å². The predicted octanol–water partition coefficient (Wildman–Crippen LogP) is 2.20. The maximum Gasteiger partial charge on any atom is 0.309 e. The van der Waals surface area contributed by atoms with E-state index < -0.39 is 11.4 Å². The van der Waals surface area contributed by atoms with Crippen LogP contribution in [0.5, 0.6) is 0 Å². The van der Waals surface area contributed by atoms with E-state index >= 15 is 0 Å². The summed E-state index contributed by atoms with van der Waals surface area (Å²) in [5.41, 5.74) is 1.94. The van der Waals surface area contributed by atoms with E-state index in [0.717, 1.165) is 45.3 Å². The van der Waals surface area contributed by atoms with Crippen molar-refractivity contribution in [3.63, 3.8) is 0 Å². The number of carboxylic acid groups (broad SMARTS) is 1. The average Bonchev–Trinajstić information content (AvgIpc) is 2.73. The standard InChI is InChI=1S/C15H25N3O2/c1-4-5-15(14(19)20)6-8-18(9-7-15)11-13-10-16-17(3)12(13)2/h10H,4-9,11H2,1-3H3,(H,19,20). The molecule has 20 heavy (non-hydrogen) atoms. The Morgan fingerprint density at radius 2 is 2.10 bits per heavy atom. The van der Waals surface area contributed by atoms with E-state index in [-0.39, 0.29) is 0 Å². The number of nitrogens with zero attached hydrogens (tertiary/aromatic N) is 3. The molecule has 0 aromatic carbocycles. The van der Waals surface area contributed by atoms with Crippen molar-refractivity contribution in [1.82, 2.24) is 14.7 Å². The monoisotopic (exact) mass is 279 g/mol. The minimum absolute atomic E-state index is 0.491. The SMILES string of the molecule is CCCC1(C(=O)O)CCN(Cc2cnn(C)c2C)CC1. The summed E-state index contributed by atoms with van der Waals surface area (Å²) < 4.78 is 1.89. The second-order valence-electron chi connectivity index (χ2n) is 5.99. The molecule has 5 heteroatoms. The molecule has 1 saturated heterocycles. The number of rotatable bonds is 5. The van der Waals surface area contributed by atoms with Crippen molar-refractivity contribution in [2.45, 2.75) is 46.1 Å². The van der Waals surface area contributed by atoms with Crippen molar-refractivity contribution in [1.29, 1.82) is 0 Å². The molecule has 0 atom stereocenters. The van der Waals surface area contributed by atoms with Crippen LogP contribution in [0.15, 0.2) is 6.20 Å². The van der Waals surface area contributed by atoms with Crippen LogP contribution in [0.2, 0.25) is 0 Å². The first-order chi connectivity index (χ1) is 9.48. The van der Waals surface area contributed by atoms with Gasteiger partial charge in [-0.05, 0) is 39.3 Å². The average molecular weight is 279 g/mol. The highest BCUT2D eigenvalue weighted by molar-refractivity contribution is 5.74. The van der Waals surface area contributed by atoms with Gasteiger partial charge in [-0.1, -0.05) is 13.3 Å². The Labute approximate surface area is 120 Å². The molecule has 0 bridgehead atoms. The first-order valence-corrected chi connectivity index (χ1v) is 7.42. The maximum atomic E-state index is 11.6. The van der Waals surface area contributed by atoms with E-state index in [1.54, 1.807) is 0 Å². The highest BCUT2D eigenvalue weighted by Gasteiger charge is 2.40. The molecule has 0 saturated carbocycles. The zero-order valence-electron chi connectivity index (χ0n) is 12.7. The predicted molar refractivity (Wildman–Crippen MR) is 77.4 cm³/mol. The summed E-state index contributed by atoms with van der Waals surface area (Å²) in [6.07, 6.45) is 5.17. The molecule has 1 aliphatic heterocycles. The number of aliphatic carboxylic acids is 1. The van der Waals surface area contributed by atoms with E-state index in [0.29, 0.717) is 0 Å². The molecule has 2 rings (SSSR count). The van der Waals surface area contributed by atoms with Crippen molar-refractivity contribution >= 4 is 5.97 Å². The highest BCUT2D eigenvalue weighted by atomic mass is 16.4. The molecule has 5 nitrogen and oxygen atoms in total. The van der Waals surface area contributed by atoms with E-state index in [1.165, 1.54) is 11.3 Å². The van der Waals surface area contributed by atoms with Crippen molar-refractivity contribution in [3.8, 4) is 0 Å². The number of carboxylic acids is 1. The van der Waals surface area contributed by atoms with Crippen molar-refractivity contribution in [3.05, 3.63) is 17.5 Å². The summed E-state index contributed by atoms with van der Waals surface area (Å²) in [4.78, 5) is 13.9. The molecule has 1 aromatic rings. The van der Waals surface area contributed by atoms with E-state index in [2.05, 4.69) is 23.8 Å². The molecule has 1 aliphatic rings.